The Bertz CT molecular complexity index is 867. The highest BCUT2D eigenvalue weighted by molar-refractivity contribution is 5.74. The monoisotopic (exact) mass is 389 g/mol. The number of benzene rings is 1. The molecule has 4 nitrogen and oxygen atoms in total. The maximum atomic E-state index is 14.7. The van der Waals surface area contributed by atoms with Crippen LogP contribution >= 0.6 is 0 Å². The first-order valence-corrected chi connectivity index (χ1v) is 9.43. The average molecular weight is 389 g/mol. The van der Waals surface area contributed by atoms with E-state index in [0.717, 1.165) is 11.1 Å². The molecular formula is C22H25F2NO3. The Kier molecular flexibility index (Phi) is 6.29. The van der Waals surface area contributed by atoms with Crippen molar-refractivity contribution in [1.29, 1.82) is 0 Å². The van der Waals surface area contributed by atoms with Gasteiger partial charge in [0, 0.05) is 11.1 Å². The van der Waals surface area contributed by atoms with Crippen LogP contribution in [0.4, 0.5) is 8.78 Å². The van der Waals surface area contributed by atoms with Gasteiger partial charge in [-0.1, -0.05) is 18.7 Å². The summed E-state index contributed by atoms with van der Waals surface area (Å²) in [4.78, 5) is 4.52. The molecule has 1 aliphatic rings. The molecule has 0 saturated heterocycles. The van der Waals surface area contributed by atoms with Crippen molar-refractivity contribution in [2.24, 2.45) is 0 Å². The second-order valence-electron chi connectivity index (χ2n) is 6.83. The zero-order chi connectivity index (χ0) is 20.3. The highest BCUT2D eigenvalue weighted by Gasteiger charge is 2.27. The van der Waals surface area contributed by atoms with Crippen LogP contribution in [0.5, 0.6) is 5.88 Å². The summed E-state index contributed by atoms with van der Waals surface area (Å²) in [6.07, 6.45) is -0.418. The number of hydrogen-bond acceptors (Lipinski definition) is 4. The number of fused-ring (bicyclic) bond motifs is 1. The van der Waals surface area contributed by atoms with Crippen LogP contribution in [0.25, 0.3) is 16.9 Å². The zero-order valence-electron chi connectivity index (χ0n) is 16.4. The largest absolute Gasteiger partial charge is 0.492 e. The molecule has 0 amide bonds. The molecule has 1 aliphatic heterocycles. The minimum Gasteiger partial charge on any atom is -0.492 e. The van der Waals surface area contributed by atoms with Crippen molar-refractivity contribution in [1.82, 2.24) is 4.98 Å². The molecule has 28 heavy (non-hydrogen) atoms. The lowest BCUT2D eigenvalue weighted by molar-refractivity contribution is -0.0603. The second kappa shape index (κ2) is 8.69. The van der Waals surface area contributed by atoms with E-state index in [0.29, 0.717) is 47.9 Å². The zero-order valence-corrected chi connectivity index (χ0v) is 16.4. The molecule has 0 saturated carbocycles. The van der Waals surface area contributed by atoms with Gasteiger partial charge in [-0.15, -0.1) is 0 Å². The number of aryl methyl sites for hydroxylation is 1. The fraction of sp³-hybridized carbons (Fsp3) is 0.409. The maximum Gasteiger partial charge on any atom is 0.218 e. The summed E-state index contributed by atoms with van der Waals surface area (Å²) in [5.41, 5.74) is 3.33. The molecule has 2 unspecified atom stereocenters. The topological polar surface area (TPSA) is 40.6 Å². The lowest BCUT2D eigenvalue weighted by Gasteiger charge is -2.27. The summed E-state index contributed by atoms with van der Waals surface area (Å²) in [7, 11) is 0. The number of ether oxygens (including phenoxy) is 3. The SMILES string of the molecule is C=C(OCC)c1cc(-c2ccc(C)cc2F)c2c(n1)OC(COC(C)F)CC2. The molecule has 3 rings (SSSR count). The highest BCUT2D eigenvalue weighted by Crippen LogP contribution is 2.38. The first kappa shape index (κ1) is 20.3. The van der Waals surface area contributed by atoms with Crippen LogP contribution in [-0.2, 0) is 15.9 Å². The fourth-order valence-corrected chi connectivity index (χ4v) is 3.24. The summed E-state index contributed by atoms with van der Waals surface area (Å²) in [5.74, 6) is 0.469. The molecule has 0 spiro atoms. The van der Waals surface area contributed by atoms with Crippen molar-refractivity contribution < 1.29 is 23.0 Å². The van der Waals surface area contributed by atoms with Gasteiger partial charge in [-0.3, -0.25) is 0 Å². The van der Waals surface area contributed by atoms with Crippen LogP contribution in [0.15, 0.2) is 30.8 Å². The molecule has 0 aliphatic carbocycles. The van der Waals surface area contributed by atoms with Gasteiger partial charge in [0.05, 0.1) is 13.2 Å². The van der Waals surface area contributed by atoms with Gasteiger partial charge < -0.3 is 14.2 Å². The minimum atomic E-state index is -1.36. The number of aromatic nitrogens is 1. The molecular weight excluding hydrogens is 364 g/mol. The standard InChI is InChI=1S/C22H25F2NO3/c1-5-26-14(3)21-11-19(17-8-6-13(2)10-20(17)24)18-9-7-16(12-27-15(4)23)28-22(18)25-21/h6,8,10-11,15-16H,3,5,7,9,12H2,1-2,4H3. The molecule has 0 N–H and O–H groups in total. The molecule has 1 aromatic heterocycles. The number of halogens is 2. The minimum absolute atomic E-state index is 0.129. The van der Waals surface area contributed by atoms with Crippen molar-refractivity contribution in [3.63, 3.8) is 0 Å². The van der Waals surface area contributed by atoms with Gasteiger partial charge in [-0.05, 0) is 56.9 Å². The fourth-order valence-electron chi connectivity index (χ4n) is 3.24. The van der Waals surface area contributed by atoms with Gasteiger partial charge in [0.15, 0.2) is 6.36 Å². The molecule has 2 atom stereocenters. The number of alkyl halides is 1. The Balaban J connectivity index is 2.03. The van der Waals surface area contributed by atoms with E-state index >= 15 is 0 Å². The van der Waals surface area contributed by atoms with E-state index in [1.807, 2.05) is 19.9 Å². The van der Waals surface area contributed by atoms with E-state index in [9.17, 15) is 8.78 Å². The second-order valence-corrected chi connectivity index (χ2v) is 6.83. The van der Waals surface area contributed by atoms with Crippen LogP contribution in [0.2, 0.25) is 0 Å². The number of hydrogen-bond donors (Lipinski definition) is 0. The van der Waals surface area contributed by atoms with E-state index in [-0.39, 0.29) is 18.5 Å². The number of rotatable bonds is 7. The Morgan fingerprint density at radius 3 is 2.82 bits per heavy atom. The average Bonchev–Trinajstić information content (AvgIpc) is 2.65. The Morgan fingerprint density at radius 2 is 2.14 bits per heavy atom. The summed E-state index contributed by atoms with van der Waals surface area (Å²) in [6.45, 7) is 9.50. The van der Waals surface area contributed by atoms with E-state index < -0.39 is 6.36 Å². The van der Waals surface area contributed by atoms with E-state index in [1.165, 1.54) is 13.0 Å². The molecule has 0 radical (unpaired) electrons. The van der Waals surface area contributed by atoms with Crippen molar-refractivity contribution in [2.45, 2.75) is 46.1 Å². The van der Waals surface area contributed by atoms with Crippen molar-refractivity contribution in [3.8, 4) is 17.0 Å². The van der Waals surface area contributed by atoms with Gasteiger partial charge in [-0.25, -0.2) is 13.8 Å². The Morgan fingerprint density at radius 1 is 1.36 bits per heavy atom. The van der Waals surface area contributed by atoms with Crippen LogP contribution in [0, 0.1) is 12.7 Å². The lowest BCUT2D eigenvalue weighted by atomic mass is 9.93. The molecule has 0 bridgehead atoms. The molecule has 0 fully saturated rings. The van der Waals surface area contributed by atoms with E-state index in [4.69, 9.17) is 14.2 Å². The third-order valence-electron chi connectivity index (χ3n) is 4.61. The lowest BCUT2D eigenvalue weighted by Crippen LogP contribution is -2.29. The molecule has 6 heteroatoms. The quantitative estimate of drug-likeness (QED) is 0.608. The summed E-state index contributed by atoms with van der Waals surface area (Å²) < 4.78 is 44.2. The highest BCUT2D eigenvalue weighted by atomic mass is 19.1. The molecule has 2 aromatic rings. The summed E-state index contributed by atoms with van der Waals surface area (Å²) in [5, 5.41) is 0. The predicted molar refractivity (Wildman–Crippen MR) is 104 cm³/mol. The molecule has 2 heterocycles. The third kappa shape index (κ3) is 4.50. The van der Waals surface area contributed by atoms with Crippen LogP contribution in [-0.4, -0.2) is 30.7 Å². The van der Waals surface area contributed by atoms with Crippen molar-refractivity contribution in [3.05, 3.63) is 53.5 Å². The van der Waals surface area contributed by atoms with E-state index in [1.54, 1.807) is 12.1 Å². The maximum absolute atomic E-state index is 14.7. The normalized spacial score (nSPS) is 16.8. The summed E-state index contributed by atoms with van der Waals surface area (Å²) >= 11 is 0. The summed E-state index contributed by atoms with van der Waals surface area (Å²) in [6, 6.07) is 6.91. The third-order valence-corrected chi connectivity index (χ3v) is 4.61. The van der Waals surface area contributed by atoms with Gasteiger partial charge in [0.25, 0.3) is 0 Å². The van der Waals surface area contributed by atoms with Crippen LogP contribution in [0.3, 0.4) is 0 Å². The van der Waals surface area contributed by atoms with Crippen molar-refractivity contribution >= 4 is 5.76 Å². The van der Waals surface area contributed by atoms with Crippen LogP contribution < -0.4 is 4.74 Å². The molecule has 1 aromatic carbocycles. The van der Waals surface area contributed by atoms with Crippen molar-refractivity contribution in [2.75, 3.05) is 13.2 Å². The smallest absolute Gasteiger partial charge is 0.218 e. The number of nitrogens with zero attached hydrogens (tertiary/aromatic N) is 1. The Labute approximate surface area is 164 Å². The van der Waals surface area contributed by atoms with Crippen LogP contribution in [0.1, 0.15) is 37.1 Å². The number of pyridine rings is 1. The van der Waals surface area contributed by atoms with E-state index in [2.05, 4.69) is 11.6 Å². The van der Waals surface area contributed by atoms with Gasteiger partial charge in [0.2, 0.25) is 5.88 Å². The first-order chi connectivity index (χ1) is 13.4. The van der Waals surface area contributed by atoms with Gasteiger partial charge >= 0.3 is 0 Å². The first-order valence-electron chi connectivity index (χ1n) is 9.43. The Hall–Kier alpha value is -2.47. The predicted octanol–water partition coefficient (Wildman–Crippen LogP) is 5.23. The van der Waals surface area contributed by atoms with Gasteiger partial charge in [-0.2, -0.15) is 0 Å². The molecule has 150 valence electrons. The van der Waals surface area contributed by atoms with Gasteiger partial charge in [0.1, 0.15) is 23.4 Å².